The van der Waals surface area contributed by atoms with E-state index in [1.807, 2.05) is 0 Å². The van der Waals surface area contributed by atoms with Gasteiger partial charge in [0.1, 0.15) is 0 Å². The topological polar surface area (TPSA) is 66.4 Å². The Bertz CT molecular complexity index is 506. The van der Waals surface area contributed by atoms with Gasteiger partial charge in [-0.2, -0.15) is 13.2 Å². The first-order chi connectivity index (χ1) is 9.78. The van der Waals surface area contributed by atoms with Crippen molar-refractivity contribution in [2.45, 2.75) is 12.6 Å². The van der Waals surface area contributed by atoms with Crippen molar-refractivity contribution in [2.24, 2.45) is 0 Å². The van der Waals surface area contributed by atoms with E-state index in [1.165, 1.54) is 12.1 Å². The van der Waals surface area contributed by atoms with Crippen LogP contribution in [0.2, 0.25) is 0 Å². The first-order valence-corrected chi connectivity index (χ1v) is 7.17. The summed E-state index contributed by atoms with van der Waals surface area (Å²) in [6, 6.07) is 6.27. The SMILES string of the molecule is O=C(CSCC(F)(F)F)NCCc1cccc(C(=O)O)c1. The molecule has 0 aliphatic rings. The Balaban J connectivity index is 2.28. The van der Waals surface area contributed by atoms with Gasteiger partial charge in [-0.05, 0) is 24.1 Å². The third-order valence-corrected chi connectivity index (χ3v) is 3.41. The molecule has 4 nitrogen and oxygen atoms in total. The third kappa shape index (κ3) is 7.60. The largest absolute Gasteiger partial charge is 0.478 e. The Labute approximate surface area is 123 Å². The smallest absolute Gasteiger partial charge is 0.397 e. The summed E-state index contributed by atoms with van der Waals surface area (Å²) in [5.74, 6) is -2.82. The van der Waals surface area contributed by atoms with Gasteiger partial charge in [-0.3, -0.25) is 4.79 Å². The van der Waals surface area contributed by atoms with E-state index in [-0.39, 0.29) is 17.9 Å². The quantitative estimate of drug-likeness (QED) is 0.809. The Morgan fingerprint density at radius 3 is 2.62 bits per heavy atom. The van der Waals surface area contributed by atoms with Crippen LogP contribution in [0.4, 0.5) is 13.2 Å². The molecule has 0 heterocycles. The fourth-order valence-electron chi connectivity index (χ4n) is 1.52. The minimum absolute atomic E-state index is 0.152. The van der Waals surface area contributed by atoms with Crippen molar-refractivity contribution in [3.05, 3.63) is 35.4 Å². The van der Waals surface area contributed by atoms with Gasteiger partial charge in [-0.1, -0.05) is 12.1 Å². The zero-order chi connectivity index (χ0) is 15.9. The molecule has 0 bridgehead atoms. The highest BCUT2D eigenvalue weighted by Gasteiger charge is 2.27. The molecular weight excluding hydrogens is 307 g/mol. The lowest BCUT2D eigenvalue weighted by Crippen LogP contribution is -2.28. The van der Waals surface area contributed by atoms with Crippen molar-refractivity contribution >= 4 is 23.6 Å². The van der Waals surface area contributed by atoms with Crippen LogP contribution >= 0.6 is 11.8 Å². The zero-order valence-electron chi connectivity index (χ0n) is 10.9. The molecule has 2 N–H and O–H groups in total. The maximum atomic E-state index is 11.9. The summed E-state index contributed by atoms with van der Waals surface area (Å²) in [7, 11) is 0. The maximum Gasteiger partial charge on any atom is 0.397 e. The van der Waals surface area contributed by atoms with E-state index in [0.29, 0.717) is 18.2 Å². The Kier molecular flexibility index (Phi) is 6.54. The predicted octanol–water partition coefficient (Wildman–Crippen LogP) is 2.34. The second-order valence-electron chi connectivity index (χ2n) is 4.21. The highest BCUT2D eigenvalue weighted by Crippen LogP contribution is 2.20. The lowest BCUT2D eigenvalue weighted by atomic mass is 10.1. The molecule has 1 amide bonds. The van der Waals surface area contributed by atoms with Crippen LogP contribution in [0, 0.1) is 0 Å². The minimum atomic E-state index is -4.28. The number of rotatable bonds is 7. The van der Waals surface area contributed by atoms with Gasteiger partial charge in [0.25, 0.3) is 0 Å². The van der Waals surface area contributed by atoms with Gasteiger partial charge in [0.2, 0.25) is 5.91 Å². The Morgan fingerprint density at radius 1 is 1.29 bits per heavy atom. The maximum absolute atomic E-state index is 11.9. The summed E-state index contributed by atoms with van der Waals surface area (Å²) in [5.41, 5.74) is 0.887. The molecule has 0 aliphatic heterocycles. The number of amides is 1. The van der Waals surface area contributed by atoms with Gasteiger partial charge in [0.15, 0.2) is 0 Å². The minimum Gasteiger partial charge on any atom is -0.478 e. The van der Waals surface area contributed by atoms with Gasteiger partial charge in [0, 0.05) is 6.54 Å². The molecule has 0 aliphatic carbocycles. The third-order valence-electron chi connectivity index (χ3n) is 2.41. The number of halogens is 3. The number of hydrogen-bond acceptors (Lipinski definition) is 3. The highest BCUT2D eigenvalue weighted by atomic mass is 32.2. The van der Waals surface area contributed by atoms with Gasteiger partial charge < -0.3 is 10.4 Å². The number of aromatic carboxylic acids is 1. The fourth-order valence-corrected chi connectivity index (χ4v) is 2.14. The number of thioether (sulfide) groups is 1. The number of carboxylic acids is 1. The van der Waals surface area contributed by atoms with Crippen LogP contribution in [0.15, 0.2) is 24.3 Å². The number of alkyl halides is 3. The molecule has 0 saturated carbocycles. The van der Waals surface area contributed by atoms with Gasteiger partial charge in [-0.25, -0.2) is 4.79 Å². The molecule has 0 fully saturated rings. The Morgan fingerprint density at radius 2 is 2.00 bits per heavy atom. The van der Waals surface area contributed by atoms with Crippen molar-refractivity contribution < 1.29 is 27.9 Å². The molecule has 8 heteroatoms. The van der Waals surface area contributed by atoms with Crippen LogP contribution in [-0.2, 0) is 11.2 Å². The number of carbonyl (C=O) groups is 2. The monoisotopic (exact) mass is 321 g/mol. The number of nitrogens with one attached hydrogen (secondary N) is 1. The van der Waals surface area contributed by atoms with E-state index in [0.717, 1.165) is 5.56 Å². The molecule has 1 aromatic carbocycles. The first kappa shape index (κ1) is 17.4. The average molecular weight is 321 g/mol. The van der Waals surface area contributed by atoms with Crippen molar-refractivity contribution in [1.82, 2.24) is 5.32 Å². The van der Waals surface area contributed by atoms with E-state index in [2.05, 4.69) is 5.32 Å². The lowest BCUT2D eigenvalue weighted by Gasteiger charge is -2.07. The molecule has 0 spiro atoms. The molecule has 0 aromatic heterocycles. The van der Waals surface area contributed by atoms with Crippen molar-refractivity contribution in [2.75, 3.05) is 18.1 Å². The normalized spacial score (nSPS) is 11.2. The van der Waals surface area contributed by atoms with Crippen LogP contribution in [0.3, 0.4) is 0 Å². The second kappa shape index (κ2) is 7.92. The standard InChI is InChI=1S/C13H14F3NO3S/c14-13(15,16)8-21-7-11(18)17-5-4-9-2-1-3-10(6-9)12(19)20/h1-3,6H,4-5,7-8H2,(H,17,18)(H,19,20). The molecule has 0 atom stereocenters. The van der Waals surface area contributed by atoms with E-state index in [4.69, 9.17) is 5.11 Å². The average Bonchev–Trinajstić information content (AvgIpc) is 2.37. The number of carbonyl (C=O) groups excluding carboxylic acids is 1. The van der Waals surface area contributed by atoms with E-state index >= 15 is 0 Å². The second-order valence-corrected chi connectivity index (χ2v) is 5.20. The first-order valence-electron chi connectivity index (χ1n) is 6.01. The van der Waals surface area contributed by atoms with E-state index < -0.39 is 23.8 Å². The van der Waals surface area contributed by atoms with Gasteiger partial charge in [-0.15, -0.1) is 11.8 Å². The molecule has 116 valence electrons. The molecular formula is C13H14F3NO3S. The van der Waals surface area contributed by atoms with Crippen LogP contribution in [0.5, 0.6) is 0 Å². The summed E-state index contributed by atoms with van der Waals surface area (Å²) in [6.07, 6.45) is -3.86. The van der Waals surface area contributed by atoms with E-state index in [9.17, 15) is 22.8 Å². The van der Waals surface area contributed by atoms with Crippen LogP contribution in [0.25, 0.3) is 0 Å². The number of carboxylic acid groups (broad SMARTS) is 1. The lowest BCUT2D eigenvalue weighted by molar-refractivity contribution is -0.118. The molecule has 0 radical (unpaired) electrons. The summed E-state index contributed by atoms with van der Waals surface area (Å²) in [6.45, 7) is 0.245. The predicted molar refractivity (Wildman–Crippen MR) is 73.5 cm³/mol. The fraction of sp³-hybridized carbons (Fsp3) is 0.385. The number of benzene rings is 1. The van der Waals surface area contributed by atoms with Gasteiger partial charge in [0.05, 0.1) is 17.1 Å². The molecule has 1 aromatic rings. The van der Waals surface area contributed by atoms with Crippen LogP contribution < -0.4 is 5.32 Å². The molecule has 0 unspecified atom stereocenters. The van der Waals surface area contributed by atoms with Crippen molar-refractivity contribution in [3.8, 4) is 0 Å². The summed E-state index contributed by atoms with van der Waals surface area (Å²) < 4.78 is 35.6. The molecule has 21 heavy (non-hydrogen) atoms. The van der Waals surface area contributed by atoms with Gasteiger partial charge >= 0.3 is 12.1 Å². The highest BCUT2D eigenvalue weighted by molar-refractivity contribution is 8.00. The number of hydrogen-bond donors (Lipinski definition) is 2. The van der Waals surface area contributed by atoms with Crippen LogP contribution in [0.1, 0.15) is 15.9 Å². The van der Waals surface area contributed by atoms with Crippen LogP contribution in [-0.4, -0.2) is 41.2 Å². The van der Waals surface area contributed by atoms with Crippen molar-refractivity contribution in [1.29, 1.82) is 0 Å². The summed E-state index contributed by atoms with van der Waals surface area (Å²) in [5, 5.41) is 11.3. The Hall–Kier alpha value is -1.70. The summed E-state index contributed by atoms with van der Waals surface area (Å²) >= 11 is 0.506. The van der Waals surface area contributed by atoms with E-state index in [1.54, 1.807) is 12.1 Å². The van der Waals surface area contributed by atoms with Crippen molar-refractivity contribution in [3.63, 3.8) is 0 Å². The summed E-state index contributed by atoms with van der Waals surface area (Å²) in [4.78, 5) is 22.1. The molecule has 0 saturated heterocycles. The zero-order valence-corrected chi connectivity index (χ0v) is 11.8. The molecule has 1 rings (SSSR count).